The topological polar surface area (TPSA) is 191 Å². The molecule has 2 aliphatic heterocycles. The first-order valence-electron chi connectivity index (χ1n) is 9.33. The molecule has 4 N–H and O–H groups in total. The minimum atomic E-state index is -1.25. The summed E-state index contributed by atoms with van der Waals surface area (Å²) in [5.41, 5.74) is 6.63. The van der Waals surface area contributed by atoms with Crippen molar-refractivity contribution < 1.29 is 43.3 Å². The van der Waals surface area contributed by atoms with Crippen molar-refractivity contribution >= 4 is 23.9 Å². The largest absolute Gasteiger partial charge is 0.509 e. The number of aliphatic hydroxyl groups is 1. The number of aliphatic hydroxyl groups excluding tert-OH is 1. The van der Waals surface area contributed by atoms with Gasteiger partial charge in [-0.15, -0.1) is 0 Å². The first-order valence-corrected chi connectivity index (χ1v) is 9.33. The van der Waals surface area contributed by atoms with Crippen LogP contribution >= 0.6 is 0 Å². The molecule has 0 spiro atoms. The molecule has 3 heterocycles. The fourth-order valence-corrected chi connectivity index (χ4v) is 2.83. The molecule has 0 amide bonds. The van der Waals surface area contributed by atoms with E-state index in [2.05, 4.69) is 15.3 Å². The van der Waals surface area contributed by atoms with Gasteiger partial charge in [0.05, 0.1) is 12.5 Å². The van der Waals surface area contributed by atoms with Crippen LogP contribution in [0.4, 0.5) is 10.6 Å². The number of carbonyl (C=O) groups is 3. The quantitative estimate of drug-likeness (QED) is 0.238. The normalized spacial score (nSPS) is 25.4. The van der Waals surface area contributed by atoms with Crippen LogP contribution in [0.15, 0.2) is 17.1 Å². The zero-order valence-electron chi connectivity index (χ0n) is 16.6. The van der Waals surface area contributed by atoms with E-state index >= 15 is 0 Å². The fourth-order valence-electron chi connectivity index (χ4n) is 2.83. The van der Waals surface area contributed by atoms with Gasteiger partial charge in [0.2, 0.25) is 0 Å². The zero-order chi connectivity index (χ0) is 22.7. The molecule has 2 fully saturated rings. The van der Waals surface area contributed by atoms with Crippen LogP contribution in [-0.4, -0.2) is 70.3 Å². The average Bonchev–Trinajstić information content (AvgIpc) is 3.27. The number of nitrogens with one attached hydrogen (secondary N) is 1. The summed E-state index contributed by atoms with van der Waals surface area (Å²) in [4.78, 5) is 55.5. The molecule has 31 heavy (non-hydrogen) atoms. The van der Waals surface area contributed by atoms with Crippen molar-refractivity contribution in [2.45, 2.75) is 44.4 Å². The van der Waals surface area contributed by atoms with Gasteiger partial charge in [0.15, 0.2) is 24.3 Å². The second-order valence-corrected chi connectivity index (χ2v) is 7.08. The van der Waals surface area contributed by atoms with Gasteiger partial charge < -0.3 is 34.6 Å². The summed E-state index contributed by atoms with van der Waals surface area (Å²) >= 11 is 0. The monoisotopic (exact) mass is 442 g/mol. The van der Waals surface area contributed by atoms with E-state index in [1.165, 1.54) is 12.3 Å². The lowest BCUT2D eigenvalue weighted by molar-refractivity contribution is -0.154. The van der Waals surface area contributed by atoms with E-state index in [1.54, 1.807) is 13.8 Å². The average molecular weight is 442 g/mol. The van der Waals surface area contributed by atoms with Gasteiger partial charge in [-0.05, 0) is 0 Å². The minimum absolute atomic E-state index is 0.114. The maximum atomic E-state index is 12.5. The van der Waals surface area contributed by atoms with Crippen molar-refractivity contribution in [1.82, 2.24) is 9.55 Å². The molecule has 0 aromatic carbocycles. The van der Waals surface area contributed by atoms with Crippen molar-refractivity contribution in [2.24, 2.45) is 11.7 Å². The third-order valence-electron chi connectivity index (χ3n) is 4.47. The van der Waals surface area contributed by atoms with E-state index in [0.29, 0.717) is 0 Å². The molecule has 0 aliphatic carbocycles. The summed E-state index contributed by atoms with van der Waals surface area (Å²) in [6, 6.07) is 0.0387. The van der Waals surface area contributed by atoms with Crippen molar-refractivity contribution in [3.63, 3.8) is 0 Å². The number of fused-ring (bicyclic) bond motifs is 1. The van der Waals surface area contributed by atoms with Crippen molar-refractivity contribution in [3.05, 3.63) is 22.7 Å². The highest BCUT2D eigenvalue weighted by atomic mass is 16.8. The number of nitrogens with two attached hydrogens (primary N) is 1. The molecular weight excluding hydrogens is 420 g/mol. The van der Waals surface area contributed by atoms with E-state index < -0.39 is 61.0 Å². The number of carbonyl (C=O) groups excluding carboxylic acids is 3. The Labute approximate surface area is 175 Å². The van der Waals surface area contributed by atoms with Gasteiger partial charge in [-0.1, -0.05) is 13.8 Å². The van der Waals surface area contributed by atoms with Gasteiger partial charge in [0.1, 0.15) is 18.8 Å². The maximum Gasteiger partial charge on any atom is 0.509 e. The molecule has 0 saturated carbocycles. The van der Waals surface area contributed by atoms with Gasteiger partial charge in [-0.25, -0.2) is 19.9 Å². The number of hydrogen-bond acceptors (Lipinski definition) is 13. The summed E-state index contributed by atoms with van der Waals surface area (Å²) in [7, 11) is 0. The van der Waals surface area contributed by atoms with Gasteiger partial charge in [-0.2, -0.15) is 4.98 Å². The molecule has 1 aromatic rings. The number of ether oxygens (including phenoxy) is 4. The highest BCUT2D eigenvalue weighted by molar-refractivity contribution is 5.76. The van der Waals surface area contributed by atoms with Crippen LogP contribution in [-0.2, 0) is 33.4 Å². The Morgan fingerprint density at radius 2 is 2.00 bits per heavy atom. The Morgan fingerprint density at radius 1 is 1.29 bits per heavy atom. The van der Waals surface area contributed by atoms with Crippen LogP contribution in [0.5, 0.6) is 0 Å². The summed E-state index contributed by atoms with van der Waals surface area (Å²) < 4.78 is 22.1. The second-order valence-electron chi connectivity index (χ2n) is 7.08. The predicted octanol–water partition coefficient (Wildman–Crippen LogP) is -1.57. The lowest BCUT2D eigenvalue weighted by Crippen LogP contribution is -2.37. The lowest BCUT2D eigenvalue weighted by atomic mass is 10.1. The Morgan fingerprint density at radius 3 is 2.65 bits per heavy atom. The predicted molar refractivity (Wildman–Crippen MR) is 98.1 cm³/mol. The van der Waals surface area contributed by atoms with Crippen LogP contribution in [0.1, 0.15) is 20.1 Å². The lowest BCUT2D eigenvalue weighted by Gasteiger charge is -2.18. The molecule has 1 unspecified atom stereocenters. The number of aromatic nitrogens is 2. The minimum Gasteiger partial charge on any atom is -0.463 e. The van der Waals surface area contributed by atoms with Crippen LogP contribution in [0, 0.1) is 5.92 Å². The maximum absolute atomic E-state index is 12.5. The summed E-state index contributed by atoms with van der Waals surface area (Å²) in [5.74, 6) is -1.89. The Kier molecular flexibility index (Phi) is 6.72. The highest BCUT2D eigenvalue weighted by Gasteiger charge is 2.55. The summed E-state index contributed by atoms with van der Waals surface area (Å²) in [6.45, 7) is 2.51. The zero-order valence-corrected chi connectivity index (χ0v) is 16.6. The first kappa shape index (κ1) is 22.5. The van der Waals surface area contributed by atoms with Gasteiger partial charge >= 0.3 is 23.8 Å². The molecule has 2 aliphatic rings. The Hall–Kier alpha value is -3.23. The van der Waals surface area contributed by atoms with E-state index in [-0.39, 0.29) is 18.3 Å². The van der Waals surface area contributed by atoms with E-state index in [0.717, 1.165) is 4.57 Å². The van der Waals surface area contributed by atoms with E-state index in [4.69, 9.17) is 29.8 Å². The Balaban J connectivity index is 1.71. The van der Waals surface area contributed by atoms with Crippen LogP contribution < -0.4 is 16.9 Å². The third-order valence-corrected chi connectivity index (χ3v) is 4.47. The smallest absolute Gasteiger partial charge is 0.463 e. The van der Waals surface area contributed by atoms with Crippen molar-refractivity contribution in [3.8, 4) is 0 Å². The second kappa shape index (κ2) is 9.28. The standard InChI is InChI=1S/C17H22N4O10/c1-7(2)14(23)27-6-9-11-12(30-17(26)29-11)13(28-9)21-4-3-10(19-16(21)25)20-31-15(24)8(18)5-22/h3-4,7-9,11-13,22H,5-6,18H2,1-2H3,(H,19,20,25)/t8-,9?,11-,12-,13-/m1/s1. The molecule has 5 atom stereocenters. The molecule has 14 heteroatoms. The molecule has 2 saturated heterocycles. The van der Waals surface area contributed by atoms with Crippen LogP contribution in [0.25, 0.3) is 0 Å². The van der Waals surface area contributed by atoms with Gasteiger partial charge in [-0.3, -0.25) is 9.36 Å². The van der Waals surface area contributed by atoms with Gasteiger partial charge in [0, 0.05) is 12.3 Å². The highest BCUT2D eigenvalue weighted by Crippen LogP contribution is 2.37. The molecule has 14 nitrogen and oxygen atoms in total. The number of hydrogen-bond donors (Lipinski definition) is 3. The van der Waals surface area contributed by atoms with Crippen LogP contribution in [0.3, 0.4) is 0 Å². The van der Waals surface area contributed by atoms with Crippen molar-refractivity contribution in [1.29, 1.82) is 0 Å². The number of nitrogens with zero attached hydrogens (tertiary/aromatic N) is 2. The molecule has 1 aromatic heterocycles. The van der Waals surface area contributed by atoms with E-state index in [9.17, 15) is 19.2 Å². The Bertz CT molecular complexity index is 903. The SMILES string of the molecule is CC(C)C(=O)OCC1O[C@@H](n2ccc(NOC(=O)[C@H](N)CO)nc2=O)[C@@H]2OC(=O)O[C@H]12. The number of anilines is 1. The van der Waals surface area contributed by atoms with E-state index in [1.807, 2.05) is 0 Å². The molecule has 0 radical (unpaired) electrons. The number of rotatable bonds is 8. The van der Waals surface area contributed by atoms with Crippen LogP contribution in [0.2, 0.25) is 0 Å². The van der Waals surface area contributed by atoms with Gasteiger partial charge in [0.25, 0.3) is 0 Å². The number of esters is 1. The fraction of sp³-hybridized carbons (Fsp3) is 0.588. The third kappa shape index (κ3) is 4.92. The molecule has 0 bridgehead atoms. The summed E-state index contributed by atoms with van der Waals surface area (Å²) in [6.07, 6.45) is -3.45. The molecule has 170 valence electrons. The summed E-state index contributed by atoms with van der Waals surface area (Å²) in [5, 5.41) is 8.80. The van der Waals surface area contributed by atoms with Crippen molar-refractivity contribution in [2.75, 3.05) is 18.7 Å². The molecule has 3 rings (SSSR count). The first-order chi connectivity index (χ1) is 14.7. The molecular formula is C17H22N4O10.